The van der Waals surface area contributed by atoms with Gasteiger partial charge in [0, 0.05) is 37.1 Å². The molecule has 8 nitrogen and oxygen atoms in total. The lowest BCUT2D eigenvalue weighted by atomic mass is 10.0. The molecule has 2 aliphatic carbocycles. The summed E-state index contributed by atoms with van der Waals surface area (Å²) >= 11 is 0. The Kier molecular flexibility index (Phi) is 6.70. The second-order valence-corrected chi connectivity index (χ2v) is 9.94. The second kappa shape index (κ2) is 9.88. The van der Waals surface area contributed by atoms with E-state index in [9.17, 15) is 9.59 Å². The molecular formula is C26H35N5O3. The molecule has 0 bridgehead atoms. The summed E-state index contributed by atoms with van der Waals surface area (Å²) in [4.78, 5) is 30.6. The molecule has 1 saturated heterocycles. The Bertz CT molecular complexity index is 1230. The minimum Gasteiger partial charge on any atom is -0.393 e. The molecule has 34 heavy (non-hydrogen) atoms. The molecule has 3 heterocycles. The first-order valence-corrected chi connectivity index (χ1v) is 12.7. The zero-order valence-corrected chi connectivity index (χ0v) is 20.0. The number of hydrogen-bond donors (Lipinski definition) is 3. The Morgan fingerprint density at radius 1 is 1.03 bits per heavy atom. The van der Waals surface area contributed by atoms with Crippen LogP contribution < -0.4 is 10.9 Å². The van der Waals surface area contributed by atoms with Crippen LogP contribution >= 0.6 is 0 Å². The van der Waals surface area contributed by atoms with Crippen molar-refractivity contribution in [3.63, 3.8) is 0 Å². The van der Waals surface area contributed by atoms with Crippen molar-refractivity contribution in [3.05, 3.63) is 39.8 Å². The van der Waals surface area contributed by atoms with Crippen LogP contribution in [0.5, 0.6) is 0 Å². The van der Waals surface area contributed by atoms with E-state index >= 15 is 0 Å². The predicted octanol–water partition coefficient (Wildman–Crippen LogP) is 3.27. The van der Waals surface area contributed by atoms with Gasteiger partial charge in [-0.15, -0.1) is 0 Å². The number of benzene rings is 1. The third-order valence-electron chi connectivity index (χ3n) is 7.54. The van der Waals surface area contributed by atoms with E-state index in [0.29, 0.717) is 17.0 Å². The molecule has 1 amide bonds. The maximum Gasteiger partial charge on any atom is 0.259 e. The molecule has 3 aromatic rings. The number of pyridine rings is 1. The van der Waals surface area contributed by atoms with E-state index < -0.39 is 0 Å². The average Bonchev–Trinajstić information content (AvgIpc) is 3.61. The van der Waals surface area contributed by atoms with Gasteiger partial charge in [0.1, 0.15) is 0 Å². The molecule has 1 aromatic carbocycles. The van der Waals surface area contributed by atoms with E-state index in [1.165, 1.54) is 25.7 Å². The Hall–Kier alpha value is -2.71. The summed E-state index contributed by atoms with van der Waals surface area (Å²) in [6.07, 6.45) is 10.8. The molecule has 0 spiro atoms. The first-order valence-electron chi connectivity index (χ1n) is 12.7. The predicted molar refractivity (Wildman–Crippen MR) is 133 cm³/mol. The van der Waals surface area contributed by atoms with Gasteiger partial charge in [0.05, 0.1) is 34.8 Å². The van der Waals surface area contributed by atoms with Crippen molar-refractivity contribution in [2.75, 3.05) is 26.2 Å². The molecule has 0 atom stereocenters. The van der Waals surface area contributed by atoms with Crippen LogP contribution in [0.4, 0.5) is 0 Å². The van der Waals surface area contributed by atoms with Crippen LogP contribution in [-0.2, 0) is 0 Å². The zero-order chi connectivity index (χ0) is 23.7. The van der Waals surface area contributed by atoms with Crippen molar-refractivity contribution in [3.8, 4) is 0 Å². The standard InChI is InChI=1S/C21H25N5O2.C5H10O/c1-13-10-18-16(11-15(13)21(28)25-8-6-22-7-9-25)19-17(20(27)24-18)12-23-26(19)14-4-2-3-5-14;6-5-3-1-2-4-5/h10-12,14,22H,2-9H2,1H3,(H,24,27);5-6H,1-4H2. The highest BCUT2D eigenvalue weighted by Gasteiger charge is 2.24. The number of carbonyl (C=O) groups excluding carboxylic acids is 1. The van der Waals surface area contributed by atoms with Crippen molar-refractivity contribution in [1.29, 1.82) is 0 Å². The summed E-state index contributed by atoms with van der Waals surface area (Å²) in [5.74, 6) is 0.0622. The zero-order valence-electron chi connectivity index (χ0n) is 20.0. The van der Waals surface area contributed by atoms with E-state index in [-0.39, 0.29) is 17.6 Å². The number of aliphatic hydroxyl groups is 1. The third kappa shape index (κ3) is 4.49. The number of rotatable bonds is 2. The number of fused-ring (bicyclic) bond motifs is 3. The number of aryl methyl sites for hydroxylation is 1. The van der Waals surface area contributed by atoms with Crippen molar-refractivity contribution < 1.29 is 9.90 Å². The molecule has 0 radical (unpaired) electrons. The van der Waals surface area contributed by atoms with E-state index in [1.807, 2.05) is 28.6 Å². The molecule has 2 saturated carbocycles. The van der Waals surface area contributed by atoms with Gasteiger partial charge in [-0.05, 0) is 50.3 Å². The molecule has 3 fully saturated rings. The van der Waals surface area contributed by atoms with Crippen LogP contribution in [0.25, 0.3) is 21.8 Å². The van der Waals surface area contributed by atoms with Crippen LogP contribution in [0.15, 0.2) is 23.1 Å². The normalized spacial score (nSPS) is 19.6. The Balaban J connectivity index is 0.000000351. The number of nitrogens with zero attached hydrogens (tertiary/aromatic N) is 3. The van der Waals surface area contributed by atoms with Gasteiger partial charge in [0.15, 0.2) is 0 Å². The second-order valence-electron chi connectivity index (χ2n) is 9.94. The number of amides is 1. The van der Waals surface area contributed by atoms with E-state index in [1.54, 1.807) is 6.20 Å². The van der Waals surface area contributed by atoms with E-state index in [2.05, 4.69) is 15.4 Å². The number of aromatic nitrogens is 3. The van der Waals surface area contributed by atoms with Gasteiger partial charge in [-0.3, -0.25) is 14.3 Å². The Morgan fingerprint density at radius 2 is 1.71 bits per heavy atom. The highest BCUT2D eigenvalue weighted by molar-refractivity contribution is 6.07. The highest BCUT2D eigenvalue weighted by atomic mass is 16.3. The SMILES string of the molecule is Cc1cc2[nH]c(=O)c3cnn(C4CCCC4)c3c2cc1C(=O)N1CCNCC1.OC1CCCC1. The molecule has 182 valence electrons. The largest absolute Gasteiger partial charge is 0.393 e. The van der Waals surface area contributed by atoms with Gasteiger partial charge in [0.2, 0.25) is 0 Å². The number of H-pyrrole nitrogens is 1. The molecule has 0 unspecified atom stereocenters. The number of aliphatic hydroxyl groups excluding tert-OH is 1. The molecule has 3 N–H and O–H groups in total. The van der Waals surface area contributed by atoms with Crippen LogP contribution in [0.3, 0.4) is 0 Å². The number of hydrogen-bond acceptors (Lipinski definition) is 5. The summed E-state index contributed by atoms with van der Waals surface area (Å²) < 4.78 is 2.02. The van der Waals surface area contributed by atoms with E-state index in [0.717, 1.165) is 73.8 Å². The monoisotopic (exact) mass is 465 g/mol. The van der Waals surface area contributed by atoms with Crippen LogP contribution in [0, 0.1) is 6.92 Å². The van der Waals surface area contributed by atoms with Gasteiger partial charge in [-0.2, -0.15) is 5.10 Å². The number of carbonyl (C=O) groups is 1. The summed E-state index contributed by atoms with van der Waals surface area (Å²) in [5.41, 5.74) is 3.11. The third-order valence-corrected chi connectivity index (χ3v) is 7.54. The lowest BCUT2D eigenvalue weighted by Crippen LogP contribution is -2.46. The maximum absolute atomic E-state index is 13.2. The molecule has 2 aromatic heterocycles. The van der Waals surface area contributed by atoms with Gasteiger partial charge in [0.25, 0.3) is 11.5 Å². The first-order chi connectivity index (χ1) is 16.5. The van der Waals surface area contributed by atoms with Crippen molar-refractivity contribution in [2.45, 2.75) is 70.4 Å². The summed E-state index contributed by atoms with van der Waals surface area (Å²) in [7, 11) is 0. The van der Waals surface area contributed by atoms with Gasteiger partial charge in [-0.1, -0.05) is 25.7 Å². The smallest absolute Gasteiger partial charge is 0.259 e. The van der Waals surface area contributed by atoms with Crippen LogP contribution in [0.1, 0.15) is 73.3 Å². The quantitative estimate of drug-likeness (QED) is 0.539. The number of nitrogens with one attached hydrogen (secondary N) is 2. The topological polar surface area (TPSA) is 103 Å². The van der Waals surface area contributed by atoms with E-state index in [4.69, 9.17) is 5.11 Å². The molecular weight excluding hydrogens is 430 g/mol. The summed E-state index contributed by atoms with van der Waals surface area (Å²) in [6, 6.07) is 4.22. The highest BCUT2D eigenvalue weighted by Crippen LogP contribution is 2.34. The van der Waals surface area contributed by atoms with Gasteiger partial charge < -0.3 is 20.3 Å². The van der Waals surface area contributed by atoms with Gasteiger partial charge in [-0.25, -0.2) is 0 Å². The van der Waals surface area contributed by atoms with Crippen molar-refractivity contribution >= 4 is 27.7 Å². The summed E-state index contributed by atoms with van der Waals surface area (Å²) in [5, 5.41) is 18.1. The lowest BCUT2D eigenvalue weighted by Gasteiger charge is -2.28. The Labute approximate surface area is 199 Å². The average molecular weight is 466 g/mol. The number of aromatic amines is 1. The number of piperazine rings is 1. The minimum absolute atomic E-state index is 0.0463. The summed E-state index contributed by atoms with van der Waals surface area (Å²) in [6.45, 7) is 5.02. The fourth-order valence-electron chi connectivity index (χ4n) is 5.59. The molecule has 6 rings (SSSR count). The van der Waals surface area contributed by atoms with Crippen LogP contribution in [0.2, 0.25) is 0 Å². The maximum atomic E-state index is 13.2. The van der Waals surface area contributed by atoms with Crippen molar-refractivity contribution in [1.82, 2.24) is 25.0 Å². The van der Waals surface area contributed by atoms with Crippen molar-refractivity contribution in [2.24, 2.45) is 0 Å². The molecule has 3 aliphatic rings. The fraction of sp³-hybridized carbons (Fsp3) is 0.577. The molecule has 1 aliphatic heterocycles. The lowest BCUT2D eigenvalue weighted by molar-refractivity contribution is 0.0735. The molecule has 8 heteroatoms. The van der Waals surface area contributed by atoms with Gasteiger partial charge >= 0.3 is 0 Å². The van der Waals surface area contributed by atoms with Crippen LogP contribution in [-0.4, -0.2) is 63.0 Å². The Morgan fingerprint density at radius 3 is 2.35 bits per heavy atom. The fourth-order valence-corrected chi connectivity index (χ4v) is 5.59. The minimum atomic E-state index is -0.118. The first kappa shape index (κ1) is 23.1.